The Balaban J connectivity index is 1.91. The van der Waals surface area contributed by atoms with Gasteiger partial charge >= 0.3 is 5.97 Å². The van der Waals surface area contributed by atoms with Crippen LogP contribution in [0.5, 0.6) is 0 Å². The summed E-state index contributed by atoms with van der Waals surface area (Å²) < 4.78 is 27.7. The zero-order valence-electron chi connectivity index (χ0n) is 13.9. The Morgan fingerprint density at radius 2 is 1.80 bits per heavy atom. The largest absolute Gasteiger partial charge is 0.452 e. The first-order valence-electron chi connectivity index (χ1n) is 7.95. The van der Waals surface area contributed by atoms with Gasteiger partial charge in [-0.15, -0.1) is 0 Å². The van der Waals surface area contributed by atoms with E-state index in [0.717, 1.165) is 25.5 Å². The molecule has 0 unspecified atom stereocenters. The molecule has 1 aliphatic carbocycles. The molecule has 0 radical (unpaired) electrons. The first-order valence-corrected chi connectivity index (χ1v) is 9.84. The monoisotopic (exact) mass is 364 g/mol. The Morgan fingerprint density at radius 3 is 2.32 bits per heavy atom. The molecule has 0 saturated heterocycles. The van der Waals surface area contributed by atoms with Crippen molar-refractivity contribution in [1.82, 2.24) is 5.32 Å². The molecule has 25 heavy (non-hydrogen) atoms. The van der Waals surface area contributed by atoms with Crippen LogP contribution in [0.15, 0.2) is 29.2 Å². The molecule has 2 rings (SSSR count). The summed E-state index contributed by atoms with van der Waals surface area (Å²) in [5.41, 5.74) is -0.730. The van der Waals surface area contributed by atoms with Crippen molar-refractivity contribution in [2.45, 2.75) is 42.5 Å². The van der Waals surface area contributed by atoms with Gasteiger partial charge in [-0.2, -0.15) is 5.26 Å². The van der Waals surface area contributed by atoms with Crippen LogP contribution in [0.1, 0.15) is 42.5 Å². The minimum Gasteiger partial charge on any atom is -0.452 e. The van der Waals surface area contributed by atoms with Crippen molar-refractivity contribution in [2.75, 3.05) is 12.9 Å². The van der Waals surface area contributed by atoms with Gasteiger partial charge in [-0.1, -0.05) is 19.3 Å². The highest BCUT2D eigenvalue weighted by molar-refractivity contribution is 7.90. The molecule has 0 aliphatic heterocycles. The standard InChI is InChI=1S/C17H20N2O5S/c1-25(22,23)14-7-5-13(6-8-14)16(21)24-11-15(20)19-17(12-18)9-3-2-4-10-17/h5-8H,2-4,9-11H2,1H3,(H,19,20). The number of hydrogen-bond acceptors (Lipinski definition) is 6. The molecule has 0 bridgehead atoms. The summed E-state index contributed by atoms with van der Waals surface area (Å²) >= 11 is 0. The number of nitriles is 1. The second kappa shape index (κ2) is 7.66. The Labute approximate surface area is 146 Å². The second-order valence-electron chi connectivity index (χ2n) is 6.18. The van der Waals surface area contributed by atoms with Gasteiger partial charge in [-0.25, -0.2) is 13.2 Å². The molecule has 0 heterocycles. The van der Waals surface area contributed by atoms with Gasteiger partial charge in [-0.3, -0.25) is 4.79 Å². The highest BCUT2D eigenvalue weighted by Gasteiger charge is 2.33. The number of nitrogens with one attached hydrogen (secondary N) is 1. The molecule has 1 aromatic rings. The third kappa shape index (κ3) is 5.03. The summed E-state index contributed by atoms with van der Waals surface area (Å²) in [5, 5.41) is 12.0. The molecular weight excluding hydrogens is 344 g/mol. The molecular formula is C17H20N2O5S. The van der Waals surface area contributed by atoms with E-state index in [-0.39, 0.29) is 10.5 Å². The average molecular weight is 364 g/mol. The second-order valence-corrected chi connectivity index (χ2v) is 8.19. The van der Waals surface area contributed by atoms with Gasteiger partial charge in [0.2, 0.25) is 0 Å². The number of amides is 1. The highest BCUT2D eigenvalue weighted by Crippen LogP contribution is 2.27. The zero-order chi connectivity index (χ0) is 18.5. The van der Waals surface area contributed by atoms with E-state index in [1.54, 1.807) is 0 Å². The predicted octanol–water partition coefficient (Wildman–Crippen LogP) is 1.59. The van der Waals surface area contributed by atoms with Crippen molar-refractivity contribution in [2.24, 2.45) is 0 Å². The topological polar surface area (TPSA) is 113 Å². The smallest absolute Gasteiger partial charge is 0.338 e. The fourth-order valence-corrected chi connectivity index (χ4v) is 3.41. The molecule has 0 aromatic heterocycles. The number of benzene rings is 1. The Bertz CT molecular complexity index is 787. The first kappa shape index (κ1) is 18.9. The quantitative estimate of drug-likeness (QED) is 0.794. The lowest BCUT2D eigenvalue weighted by Gasteiger charge is -2.31. The number of carbonyl (C=O) groups is 2. The van der Waals surface area contributed by atoms with Gasteiger partial charge in [0.1, 0.15) is 5.54 Å². The zero-order valence-corrected chi connectivity index (χ0v) is 14.8. The van der Waals surface area contributed by atoms with E-state index in [1.165, 1.54) is 24.3 Å². The number of rotatable bonds is 5. The Morgan fingerprint density at radius 1 is 1.20 bits per heavy atom. The molecule has 1 amide bonds. The van der Waals surface area contributed by atoms with Crippen molar-refractivity contribution >= 4 is 21.7 Å². The van der Waals surface area contributed by atoms with Crippen molar-refractivity contribution in [3.63, 3.8) is 0 Å². The maximum absolute atomic E-state index is 12.0. The Hall–Kier alpha value is -2.40. The molecule has 1 saturated carbocycles. The minimum absolute atomic E-state index is 0.0926. The number of nitrogens with zero attached hydrogens (tertiary/aromatic N) is 1. The summed E-state index contributed by atoms with van der Waals surface area (Å²) in [5.74, 6) is -1.26. The molecule has 1 aromatic carbocycles. The fourth-order valence-electron chi connectivity index (χ4n) is 2.78. The third-order valence-electron chi connectivity index (χ3n) is 4.15. The third-order valence-corrected chi connectivity index (χ3v) is 5.28. The summed E-state index contributed by atoms with van der Waals surface area (Å²) in [6.07, 6.45) is 5.05. The first-order chi connectivity index (χ1) is 11.8. The van der Waals surface area contributed by atoms with Gasteiger partial charge < -0.3 is 10.1 Å². The van der Waals surface area contributed by atoms with Gasteiger partial charge in [0.25, 0.3) is 5.91 Å². The van der Waals surface area contributed by atoms with Crippen LogP contribution in [-0.2, 0) is 19.4 Å². The van der Waals surface area contributed by atoms with E-state index >= 15 is 0 Å². The summed E-state index contributed by atoms with van der Waals surface area (Å²) in [7, 11) is -3.34. The number of esters is 1. The molecule has 8 heteroatoms. The van der Waals surface area contributed by atoms with Crippen molar-refractivity contribution in [3.8, 4) is 6.07 Å². The lowest BCUT2D eigenvalue weighted by Crippen LogP contribution is -2.50. The maximum Gasteiger partial charge on any atom is 0.338 e. The molecule has 134 valence electrons. The summed E-state index contributed by atoms with van der Waals surface area (Å²) in [6.45, 7) is -0.490. The molecule has 7 nitrogen and oxygen atoms in total. The van der Waals surface area contributed by atoms with E-state index in [0.29, 0.717) is 12.8 Å². The van der Waals surface area contributed by atoms with Crippen LogP contribution in [0.4, 0.5) is 0 Å². The van der Waals surface area contributed by atoms with E-state index in [1.807, 2.05) is 0 Å². The van der Waals surface area contributed by atoms with E-state index in [2.05, 4.69) is 11.4 Å². The molecule has 0 atom stereocenters. The number of ether oxygens (including phenoxy) is 1. The highest BCUT2D eigenvalue weighted by atomic mass is 32.2. The van der Waals surface area contributed by atoms with Crippen LogP contribution in [0.2, 0.25) is 0 Å². The van der Waals surface area contributed by atoms with Crippen LogP contribution in [0.25, 0.3) is 0 Å². The van der Waals surface area contributed by atoms with E-state index < -0.39 is 33.9 Å². The predicted molar refractivity (Wildman–Crippen MR) is 89.4 cm³/mol. The normalized spacial score (nSPS) is 16.5. The van der Waals surface area contributed by atoms with E-state index in [4.69, 9.17) is 4.74 Å². The van der Waals surface area contributed by atoms with Crippen molar-refractivity contribution in [1.29, 1.82) is 5.26 Å². The molecule has 1 fully saturated rings. The number of hydrogen-bond donors (Lipinski definition) is 1. The Kier molecular flexibility index (Phi) is 5.80. The number of carbonyl (C=O) groups excluding carboxylic acids is 2. The van der Waals surface area contributed by atoms with Crippen LogP contribution < -0.4 is 5.32 Å². The fraction of sp³-hybridized carbons (Fsp3) is 0.471. The van der Waals surface area contributed by atoms with Crippen molar-refractivity contribution in [3.05, 3.63) is 29.8 Å². The maximum atomic E-state index is 12.0. The van der Waals surface area contributed by atoms with Crippen molar-refractivity contribution < 1.29 is 22.7 Å². The number of sulfone groups is 1. The van der Waals surface area contributed by atoms with Crippen LogP contribution in [0.3, 0.4) is 0 Å². The van der Waals surface area contributed by atoms with Crippen LogP contribution in [-0.4, -0.2) is 38.7 Å². The summed E-state index contributed by atoms with van der Waals surface area (Å²) in [6, 6.07) is 7.42. The molecule has 0 spiro atoms. The lowest BCUT2D eigenvalue weighted by molar-refractivity contribution is -0.125. The van der Waals surface area contributed by atoms with Gasteiger partial charge in [-0.05, 0) is 37.1 Å². The summed E-state index contributed by atoms with van der Waals surface area (Å²) in [4.78, 5) is 24.0. The SMILES string of the molecule is CS(=O)(=O)c1ccc(C(=O)OCC(=O)NC2(C#N)CCCCC2)cc1. The molecule has 1 aliphatic rings. The van der Waals surface area contributed by atoms with Gasteiger partial charge in [0, 0.05) is 6.26 Å². The minimum atomic E-state index is -3.34. The lowest BCUT2D eigenvalue weighted by atomic mass is 9.83. The van der Waals surface area contributed by atoms with Gasteiger partial charge in [0.15, 0.2) is 16.4 Å². The average Bonchev–Trinajstić information content (AvgIpc) is 2.60. The van der Waals surface area contributed by atoms with Crippen LogP contribution in [0, 0.1) is 11.3 Å². The van der Waals surface area contributed by atoms with Crippen LogP contribution >= 0.6 is 0 Å². The molecule has 1 N–H and O–H groups in total. The van der Waals surface area contributed by atoms with E-state index in [9.17, 15) is 23.3 Å². The van der Waals surface area contributed by atoms with Gasteiger partial charge in [0.05, 0.1) is 16.5 Å².